The molecule has 3 heteroatoms. The Morgan fingerprint density at radius 3 is 2.27 bits per heavy atom. The fourth-order valence-electron chi connectivity index (χ4n) is 2.23. The molecule has 0 saturated carbocycles. The minimum absolute atomic E-state index is 0.346. The van der Waals surface area contributed by atoms with E-state index in [1.165, 1.54) is 12.5 Å². The standard InChI is InChI=1S/C23H24O2Si/c1-18-10-12-20(13-11-18)14-15-21-8-6-7-9-22(21)23(25-19(2)24)16-17-26(3,4)5/h6-13,23H,1-5H3. The molecule has 132 valence electrons. The first-order valence-corrected chi connectivity index (χ1v) is 12.1. The van der Waals surface area contributed by atoms with Gasteiger partial charge in [0.15, 0.2) is 6.10 Å². The predicted octanol–water partition coefficient (Wildman–Crippen LogP) is 4.88. The summed E-state index contributed by atoms with van der Waals surface area (Å²) >= 11 is 0. The number of carbonyl (C=O) groups excluding carboxylic acids is 1. The smallest absolute Gasteiger partial charge is 0.304 e. The molecule has 0 saturated heterocycles. The molecule has 1 unspecified atom stereocenters. The van der Waals surface area contributed by atoms with E-state index in [9.17, 15) is 4.79 Å². The van der Waals surface area contributed by atoms with Gasteiger partial charge in [0.2, 0.25) is 0 Å². The van der Waals surface area contributed by atoms with E-state index in [0.29, 0.717) is 0 Å². The van der Waals surface area contributed by atoms with Crippen molar-refractivity contribution in [3.8, 4) is 23.3 Å². The number of esters is 1. The Kier molecular flexibility index (Phi) is 6.45. The van der Waals surface area contributed by atoms with Crippen molar-refractivity contribution in [2.45, 2.75) is 39.6 Å². The second kappa shape index (κ2) is 8.56. The van der Waals surface area contributed by atoms with E-state index in [0.717, 1.165) is 16.7 Å². The molecule has 0 radical (unpaired) electrons. The van der Waals surface area contributed by atoms with E-state index >= 15 is 0 Å². The minimum Gasteiger partial charge on any atom is -0.444 e. The Labute approximate surface area is 157 Å². The van der Waals surface area contributed by atoms with Gasteiger partial charge in [0.05, 0.1) is 0 Å². The lowest BCUT2D eigenvalue weighted by atomic mass is 10.0. The Bertz CT molecular complexity index is 897. The van der Waals surface area contributed by atoms with Gasteiger partial charge in [-0.3, -0.25) is 4.79 Å². The third-order valence-corrected chi connectivity index (χ3v) is 4.39. The predicted molar refractivity (Wildman–Crippen MR) is 109 cm³/mol. The van der Waals surface area contributed by atoms with E-state index in [1.807, 2.05) is 55.5 Å². The van der Waals surface area contributed by atoms with Crippen LogP contribution in [0.15, 0.2) is 48.5 Å². The zero-order valence-electron chi connectivity index (χ0n) is 16.0. The minimum atomic E-state index is -1.59. The van der Waals surface area contributed by atoms with Crippen molar-refractivity contribution < 1.29 is 9.53 Å². The molecule has 2 rings (SSSR count). The molecule has 0 aliphatic rings. The Hall–Kier alpha value is -2.75. The molecular weight excluding hydrogens is 336 g/mol. The molecule has 0 bridgehead atoms. The van der Waals surface area contributed by atoms with Gasteiger partial charge in [-0.25, -0.2) is 0 Å². The van der Waals surface area contributed by atoms with E-state index in [4.69, 9.17) is 4.74 Å². The van der Waals surface area contributed by atoms with Crippen molar-refractivity contribution in [1.82, 2.24) is 0 Å². The number of benzene rings is 2. The third-order valence-electron chi connectivity index (χ3n) is 3.50. The van der Waals surface area contributed by atoms with Crippen LogP contribution in [0.4, 0.5) is 0 Å². The summed E-state index contributed by atoms with van der Waals surface area (Å²) in [5.41, 5.74) is 7.10. The molecule has 1 atom stereocenters. The van der Waals surface area contributed by atoms with E-state index in [1.54, 1.807) is 0 Å². The average molecular weight is 361 g/mol. The molecular formula is C23H24O2Si. The molecule has 0 amide bonds. The molecule has 2 nitrogen and oxygen atoms in total. The van der Waals surface area contributed by atoms with Crippen LogP contribution < -0.4 is 0 Å². The van der Waals surface area contributed by atoms with Gasteiger partial charge in [0.25, 0.3) is 0 Å². The molecule has 0 spiro atoms. The molecule has 0 heterocycles. The molecule has 0 aliphatic carbocycles. The lowest BCUT2D eigenvalue weighted by Crippen LogP contribution is -2.18. The van der Waals surface area contributed by atoms with Crippen molar-refractivity contribution >= 4 is 14.0 Å². The topological polar surface area (TPSA) is 26.3 Å². The molecule has 2 aromatic rings. The van der Waals surface area contributed by atoms with Crippen LogP contribution in [0.2, 0.25) is 19.6 Å². The highest BCUT2D eigenvalue weighted by Crippen LogP contribution is 2.21. The van der Waals surface area contributed by atoms with Crippen LogP contribution in [0.25, 0.3) is 0 Å². The van der Waals surface area contributed by atoms with Crippen molar-refractivity contribution in [2.75, 3.05) is 0 Å². The number of carbonyl (C=O) groups is 1. The van der Waals surface area contributed by atoms with Crippen molar-refractivity contribution in [1.29, 1.82) is 0 Å². The molecule has 0 fully saturated rings. The van der Waals surface area contributed by atoms with E-state index in [-0.39, 0.29) is 5.97 Å². The largest absolute Gasteiger partial charge is 0.444 e. The third kappa shape index (κ3) is 6.28. The summed E-state index contributed by atoms with van der Waals surface area (Å²) < 4.78 is 5.48. The molecule has 0 aromatic heterocycles. The molecule has 26 heavy (non-hydrogen) atoms. The maximum absolute atomic E-state index is 11.6. The van der Waals surface area contributed by atoms with Crippen molar-refractivity contribution in [2.24, 2.45) is 0 Å². The summed E-state index contributed by atoms with van der Waals surface area (Å²) in [6.07, 6.45) is -0.595. The second-order valence-electron chi connectivity index (χ2n) is 7.21. The van der Waals surface area contributed by atoms with Gasteiger partial charge in [0.1, 0.15) is 8.07 Å². The van der Waals surface area contributed by atoms with Gasteiger partial charge >= 0.3 is 5.97 Å². The zero-order chi connectivity index (χ0) is 19.2. The lowest BCUT2D eigenvalue weighted by molar-refractivity contribution is -0.144. The summed E-state index contributed by atoms with van der Waals surface area (Å²) in [5.74, 6) is 9.19. The summed E-state index contributed by atoms with van der Waals surface area (Å²) in [6, 6.07) is 15.8. The maximum Gasteiger partial charge on any atom is 0.304 e. The highest BCUT2D eigenvalue weighted by atomic mass is 28.3. The summed E-state index contributed by atoms with van der Waals surface area (Å²) in [7, 11) is -1.59. The Balaban J connectivity index is 2.42. The first kappa shape index (κ1) is 19.6. The molecule has 0 aliphatic heterocycles. The van der Waals surface area contributed by atoms with Crippen LogP contribution in [-0.4, -0.2) is 14.0 Å². The second-order valence-corrected chi connectivity index (χ2v) is 12.0. The van der Waals surface area contributed by atoms with Crippen LogP contribution in [0, 0.1) is 30.2 Å². The number of hydrogen-bond donors (Lipinski definition) is 0. The summed E-state index contributed by atoms with van der Waals surface area (Å²) in [4.78, 5) is 11.6. The van der Waals surface area contributed by atoms with Crippen LogP contribution in [0.5, 0.6) is 0 Å². The highest BCUT2D eigenvalue weighted by molar-refractivity contribution is 6.83. The number of aryl methyl sites for hydroxylation is 1. The fraction of sp³-hybridized carbons (Fsp3) is 0.261. The molecule has 0 N–H and O–H groups in total. The van der Waals surface area contributed by atoms with Gasteiger partial charge in [-0.2, -0.15) is 0 Å². The maximum atomic E-state index is 11.6. The first-order chi connectivity index (χ1) is 12.2. The van der Waals surface area contributed by atoms with Crippen LogP contribution in [0.3, 0.4) is 0 Å². The zero-order valence-corrected chi connectivity index (χ0v) is 17.0. The van der Waals surface area contributed by atoms with Crippen LogP contribution in [-0.2, 0) is 9.53 Å². The fourth-order valence-corrected chi connectivity index (χ4v) is 2.80. The monoisotopic (exact) mass is 360 g/mol. The van der Waals surface area contributed by atoms with Gasteiger partial charge in [-0.05, 0) is 25.1 Å². The first-order valence-electron chi connectivity index (χ1n) is 8.62. The van der Waals surface area contributed by atoms with Crippen LogP contribution in [0.1, 0.15) is 35.3 Å². The van der Waals surface area contributed by atoms with Crippen molar-refractivity contribution in [3.05, 3.63) is 70.8 Å². The van der Waals surface area contributed by atoms with E-state index < -0.39 is 14.2 Å². The summed E-state index contributed by atoms with van der Waals surface area (Å²) in [6.45, 7) is 9.94. The van der Waals surface area contributed by atoms with Gasteiger partial charge in [-0.1, -0.05) is 73.3 Å². The summed E-state index contributed by atoms with van der Waals surface area (Å²) in [5, 5.41) is 0. The Morgan fingerprint density at radius 1 is 1.00 bits per heavy atom. The lowest BCUT2D eigenvalue weighted by Gasteiger charge is -2.14. The highest BCUT2D eigenvalue weighted by Gasteiger charge is 2.16. The van der Waals surface area contributed by atoms with Gasteiger partial charge < -0.3 is 4.74 Å². The van der Waals surface area contributed by atoms with Gasteiger partial charge in [-0.15, -0.1) is 5.54 Å². The normalized spacial score (nSPS) is 11.4. The van der Waals surface area contributed by atoms with Gasteiger partial charge in [0, 0.05) is 23.6 Å². The average Bonchev–Trinajstić information content (AvgIpc) is 2.57. The van der Waals surface area contributed by atoms with E-state index in [2.05, 4.69) is 42.9 Å². The van der Waals surface area contributed by atoms with Crippen LogP contribution >= 0.6 is 0 Å². The quantitative estimate of drug-likeness (QED) is 0.433. The molecule has 2 aromatic carbocycles. The number of rotatable bonds is 2. The number of hydrogen-bond acceptors (Lipinski definition) is 2. The van der Waals surface area contributed by atoms with Crippen molar-refractivity contribution in [3.63, 3.8) is 0 Å². The SMILES string of the molecule is CC(=O)OC(C#C[Si](C)(C)C)c1ccccc1C#Cc1ccc(C)cc1. The number of ether oxygens (including phenoxy) is 1. The Morgan fingerprint density at radius 2 is 1.65 bits per heavy atom.